The minimum Gasteiger partial charge on any atom is -0.347 e. The van der Waals surface area contributed by atoms with E-state index >= 15 is 0 Å². The molecule has 2 aliphatic rings. The zero-order chi connectivity index (χ0) is 20.9. The molecule has 1 unspecified atom stereocenters. The molecule has 3 heterocycles. The van der Waals surface area contributed by atoms with Crippen molar-refractivity contribution in [2.45, 2.75) is 31.1 Å². The van der Waals surface area contributed by atoms with E-state index in [2.05, 4.69) is 9.97 Å². The van der Waals surface area contributed by atoms with Crippen molar-refractivity contribution >= 4 is 22.8 Å². The van der Waals surface area contributed by atoms with Gasteiger partial charge in [0, 0.05) is 44.2 Å². The molecule has 5 rings (SSSR count). The van der Waals surface area contributed by atoms with E-state index in [9.17, 15) is 9.18 Å². The largest absolute Gasteiger partial charge is 0.347 e. The second kappa shape index (κ2) is 7.00. The Hall–Kier alpha value is -3.09. The Bertz CT molecular complexity index is 1140. The number of hydrogen-bond donors (Lipinski definition) is 0. The van der Waals surface area contributed by atoms with E-state index in [4.69, 9.17) is 4.98 Å². The van der Waals surface area contributed by atoms with E-state index in [-0.39, 0.29) is 16.8 Å². The Morgan fingerprint density at radius 1 is 1.17 bits per heavy atom. The third-order valence-electron chi connectivity index (χ3n) is 6.38. The fraction of sp³-hybridized carbons (Fsp3) is 0.391. The van der Waals surface area contributed by atoms with Gasteiger partial charge in [0.15, 0.2) is 0 Å². The number of aromatic nitrogens is 3. The van der Waals surface area contributed by atoms with Gasteiger partial charge in [-0.2, -0.15) is 0 Å². The second-order valence-corrected chi connectivity index (χ2v) is 8.56. The lowest BCUT2D eigenvalue weighted by Crippen LogP contribution is -2.48. The van der Waals surface area contributed by atoms with Crippen LogP contribution in [0.4, 0.5) is 10.3 Å². The number of fused-ring (bicyclic) bond motifs is 3. The SMILES string of the molecule is CN(C)c1ncc2c(n1)C1(CCCN(C(=O)c3ccc4cccc(F)c4n3)C1)CC2. The van der Waals surface area contributed by atoms with Crippen molar-refractivity contribution in [2.75, 3.05) is 32.1 Å². The fourth-order valence-electron chi connectivity index (χ4n) is 4.84. The Morgan fingerprint density at radius 2 is 2.03 bits per heavy atom. The highest BCUT2D eigenvalue weighted by molar-refractivity contribution is 5.95. The van der Waals surface area contributed by atoms with E-state index in [1.807, 2.05) is 30.1 Å². The third kappa shape index (κ3) is 3.00. The van der Waals surface area contributed by atoms with Gasteiger partial charge >= 0.3 is 0 Å². The van der Waals surface area contributed by atoms with Crippen molar-refractivity contribution in [2.24, 2.45) is 0 Å². The van der Waals surface area contributed by atoms with Crippen molar-refractivity contribution in [1.29, 1.82) is 0 Å². The van der Waals surface area contributed by atoms with Gasteiger partial charge in [0.25, 0.3) is 5.91 Å². The van der Waals surface area contributed by atoms with E-state index < -0.39 is 5.82 Å². The molecule has 6 nitrogen and oxygen atoms in total. The van der Waals surface area contributed by atoms with Gasteiger partial charge < -0.3 is 9.80 Å². The van der Waals surface area contributed by atoms with Crippen LogP contribution < -0.4 is 4.90 Å². The zero-order valence-electron chi connectivity index (χ0n) is 17.2. The summed E-state index contributed by atoms with van der Waals surface area (Å²) in [6, 6.07) is 8.28. The normalized spacial score (nSPS) is 20.6. The topological polar surface area (TPSA) is 62.2 Å². The molecule has 30 heavy (non-hydrogen) atoms. The molecule has 1 saturated heterocycles. The maximum Gasteiger partial charge on any atom is 0.272 e. The molecule has 0 radical (unpaired) electrons. The highest BCUT2D eigenvalue weighted by Gasteiger charge is 2.45. The first kappa shape index (κ1) is 18.9. The van der Waals surface area contributed by atoms with Crippen LogP contribution in [0, 0.1) is 5.82 Å². The van der Waals surface area contributed by atoms with Crippen LogP contribution in [0.15, 0.2) is 36.5 Å². The fourth-order valence-corrected chi connectivity index (χ4v) is 4.84. The van der Waals surface area contributed by atoms with Gasteiger partial charge in [0.1, 0.15) is 17.0 Å². The number of hydrogen-bond acceptors (Lipinski definition) is 5. The molecule has 1 aliphatic carbocycles. The molecule has 1 amide bonds. The van der Waals surface area contributed by atoms with Crippen LogP contribution in [0.25, 0.3) is 10.9 Å². The van der Waals surface area contributed by atoms with E-state index in [0.29, 0.717) is 30.1 Å². The first-order valence-electron chi connectivity index (χ1n) is 10.4. The van der Waals surface area contributed by atoms with Gasteiger partial charge in [-0.15, -0.1) is 0 Å². The molecule has 7 heteroatoms. The van der Waals surface area contributed by atoms with Crippen LogP contribution in [0.1, 0.15) is 41.0 Å². The molecule has 1 aliphatic heterocycles. The summed E-state index contributed by atoms with van der Waals surface area (Å²) in [5, 5.41) is 0.694. The predicted molar refractivity (Wildman–Crippen MR) is 113 cm³/mol. The van der Waals surface area contributed by atoms with Crippen molar-refractivity contribution in [3.8, 4) is 0 Å². The van der Waals surface area contributed by atoms with Crippen molar-refractivity contribution < 1.29 is 9.18 Å². The highest BCUT2D eigenvalue weighted by atomic mass is 19.1. The van der Waals surface area contributed by atoms with Gasteiger partial charge in [0.2, 0.25) is 5.95 Å². The smallest absolute Gasteiger partial charge is 0.272 e. The van der Waals surface area contributed by atoms with Crippen LogP contribution >= 0.6 is 0 Å². The van der Waals surface area contributed by atoms with E-state index in [0.717, 1.165) is 31.4 Å². The molecule has 0 N–H and O–H groups in total. The standard InChI is InChI=1S/C23H24FN5O/c1-28(2)22-25-13-16-9-11-23(20(16)27-22)10-4-12-29(14-23)21(30)18-8-7-15-5-3-6-17(24)19(15)26-18/h3,5-8,13H,4,9-12,14H2,1-2H3. The quantitative estimate of drug-likeness (QED) is 0.654. The van der Waals surface area contributed by atoms with Crippen molar-refractivity contribution in [1.82, 2.24) is 19.9 Å². The van der Waals surface area contributed by atoms with Crippen molar-refractivity contribution in [3.63, 3.8) is 0 Å². The average Bonchev–Trinajstić information content (AvgIpc) is 3.10. The maximum atomic E-state index is 14.2. The maximum absolute atomic E-state index is 14.2. The molecule has 154 valence electrons. The minimum atomic E-state index is -0.408. The summed E-state index contributed by atoms with van der Waals surface area (Å²) in [4.78, 5) is 30.7. The van der Waals surface area contributed by atoms with Gasteiger partial charge in [-0.25, -0.2) is 19.3 Å². The number of para-hydroxylation sites is 1. The van der Waals surface area contributed by atoms with Gasteiger partial charge in [-0.1, -0.05) is 18.2 Å². The third-order valence-corrected chi connectivity index (χ3v) is 6.38. The monoisotopic (exact) mass is 405 g/mol. The van der Waals surface area contributed by atoms with Gasteiger partial charge in [0.05, 0.1) is 5.69 Å². The lowest BCUT2D eigenvalue weighted by Gasteiger charge is -2.40. The summed E-state index contributed by atoms with van der Waals surface area (Å²) in [5.74, 6) is 0.148. The van der Waals surface area contributed by atoms with Crippen LogP contribution in [0.2, 0.25) is 0 Å². The number of likely N-dealkylation sites (tertiary alicyclic amines) is 1. The molecule has 0 bridgehead atoms. The number of rotatable bonds is 2. The summed E-state index contributed by atoms with van der Waals surface area (Å²) in [5.41, 5.74) is 2.65. The summed E-state index contributed by atoms with van der Waals surface area (Å²) >= 11 is 0. The number of pyridine rings is 1. The first-order chi connectivity index (χ1) is 14.5. The van der Waals surface area contributed by atoms with Gasteiger partial charge in [-0.05, 0) is 43.4 Å². The Kier molecular flexibility index (Phi) is 4.41. The molecule has 1 spiro atoms. The number of halogens is 1. The number of anilines is 1. The van der Waals surface area contributed by atoms with Crippen LogP contribution in [0.5, 0.6) is 0 Å². The van der Waals surface area contributed by atoms with E-state index in [1.165, 1.54) is 11.6 Å². The highest BCUT2D eigenvalue weighted by Crippen LogP contribution is 2.44. The Labute approximate surface area is 174 Å². The number of nitrogens with zero attached hydrogens (tertiary/aromatic N) is 5. The molecular weight excluding hydrogens is 381 g/mol. The molecule has 1 fully saturated rings. The summed E-state index contributed by atoms with van der Waals surface area (Å²) in [6.07, 6.45) is 5.75. The summed E-state index contributed by atoms with van der Waals surface area (Å²) in [7, 11) is 3.87. The number of benzene rings is 1. The zero-order valence-corrected chi connectivity index (χ0v) is 17.2. The lowest BCUT2D eigenvalue weighted by molar-refractivity contribution is 0.0628. The van der Waals surface area contributed by atoms with Gasteiger partial charge in [-0.3, -0.25) is 4.79 Å². The Morgan fingerprint density at radius 3 is 2.87 bits per heavy atom. The number of amides is 1. The average molecular weight is 405 g/mol. The Balaban J connectivity index is 1.46. The summed E-state index contributed by atoms with van der Waals surface area (Å²) < 4.78 is 14.2. The number of carbonyl (C=O) groups is 1. The minimum absolute atomic E-state index is 0.140. The van der Waals surface area contributed by atoms with Crippen molar-refractivity contribution in [3.05, 3.63) is 59.3 Å². The molecule has 0 saturated carbocycles. The number of carbonyl (C=O) groups excluding carboxylic acids is 1. The molecule has 2 aromatic heterocycles. The molecule has 3 aromatic rings. The molecular formula is C23H24FN5O. The molecule has 1 aromatic carbocycles. The first-order valence-corrected chi connectivity index (χ1v) is 10.4. The second-order valence-electron chi connectivity index (χ2n) is 8.56. The predicted octanol–water partition coefficient (Wildman–Crippen LogP) is 3.35. The summed E-state index contributed by atoms with van der Waals surface area (Å²) in [6.45, 7) is 1.29. The van der Waals surface area contributed by atoms with Crippen LogP contribution in [-0.2, 0) is 11.8 Å². The number of piperidine rings is 1. The van der Waals surface area contributed by atoms with Crippen LogP contribution in [-0.4, -0.2) is 52.9 Å². The van der Waals surface area contributed by atoms with E-state index in [1.54, 1.807) is 24.3 Å². The van der Waals surface area contributed by atoms with Crippen LogP contribution in [0.3, 0.4) is 0 Å². The number of aryl methyl sites for hydroxylation is 1. The lowest BCUT2D eigenvalue weighted by atomic mass is 9.77. The molecule has 1 atom stereocenters.